The van der Waals surface area contributed by atoms with Crippen molar-refractivity contribution in [3.05, 3.63) is 18.1 Å². The van der Waals surface area contributed by atoms with E-state index in [4.69, 9.17) is 0 Å². The third kappa shape index (κ3) is 1.38. The number of rotatable bonds is 0. The summed E-state index contributed by atoms with van der Waals surface area (Å²) >= 11 is -0.400. The van der Waals surface area contributed by atoms with Crippen LogP contribution in [0.5, 0.6) is 0 Å². The quantitative estimate of drug-likeness (QED) is 0.593. The van der Waals surface area contributed by atoms with Crippen molar-refractivity contribution in [1.29, 1.82) is 0 Å². The molecule has 5 heteroatoms. The Morgan fingerprint density at radius 3 is 3.45 bits per heavy atom. The second-order valence-corrected chi connectivity index (χ2v) is 3.27. The van der Waals surface area contributed by atoms with Crippen molar-refractivity contribution < 1.29 is 0 Å². The van der Waals surface area contributed by atoms with E-state index in [-0.39, 0.29) is 0 Å². The Kier molecular flexibility index (Phi) is 1.83. The topological polar surface area (TPSA) is 49.4 Å². The Morgan fingerprint density at radius 1 is 1.45 bits per heavy atom. The summed E-state index contributed by atoms with van der Waals surface area (Å²) in [6.07, 6.45) is 4.92. The third-order valence-electron chi connectivity index (χ3n) is 1.13. The zero-order valence-electron chi connectivity index (χ0n) is 5.40. The van der Waals surface area contributed by atoms with Crippen molar-refractivity contribution in [2.75, 3.05) is 0 Å². The molecule has 0 N–H and O–H groups in total. The molecule has 2 rings (SSSR count). The number of allylic oxidation sites excluding steroid dienone is 1. The molecule has 0 amide bonds. The van der Waals surface area contributed by atoms with Crippen LogP contribution in [-0.4, -0.2) is 17.8 Å². The van der Waals surface area contributed by atoms with Crippen LogP contribution in [0.1, 0.15) is 0 Å². The summed E-state index contributed by atoms with van der Waals surface area (Å²) in [5.74, 6) is 2.63. The van der Waals surface area contributed by atoms with E-state index in [1.54, 1.807) is 12.4 Å². The van der Waals surface area contributed by atoms with Crippen LogP contribution in [0.3, 0.4) is 0 Å². The average molecular weight is 258 g/mol. The first kappa shape index (κ1) is 6.75. The fourth-order valence-corrected chi connectivity index (χ4v) is 1.77. The number of hydrogen-bond acceptors (Lipinski definition) is 4. The van der Waals surface area contributed by atoms with Gasteiger partial charge in [-0.2, -0.15) is 0 Å². The van der Waals surface area contributed by atoms with Gasteiger partial charge in [0.15, 0.2) is 0 Å². The molecule has 0 aliphatic carbocycles. The van der Waals surface area contributed by atoms with Gasteiger partial charge in [-0.25, -0.2) is 16.3 Å². The maximum atomic E-state index is 4.20. The van der Waals surface area contributed by atoms with Crippen LogP contribution in [0.2, 0.25) is 0 Å². The predicted molar refractivity (Wildman–Crippen MR) is 52.5 cm³/mol. The van der Waals surface area contributed by atoms with Crippen LogP contribution in [-0.2, 0) is 0 Å². The predicted octanol–water partition coefficient (Wildman–Crippen LogP) is 1.62. The minimum absolute atomic E-state index is 0.400. The molecule has 0 aromatic carbocycles. The molecule has 54 valence electrons. The highest BCUT2D eigenvalue weighted by Crippen LogP contribution is 2.16. The molecule has 11 heavy (non-hydrogen) atoms. The van der Waals surface area contributed by atoms with Gasteiger partial charge < -0.3 is 0 Å². The van der Waals surface area contributed by atoms with Crippen molar-refractivity contribution in [2.24, 2.45) is 16.3 Å². The first-order valence-electron chi connectivity index (χ1n) is 2.90. The van der Waals surface area contributed by atoms with Gasteiger partial charge in [0.2, 0.25) is 0 Å². The smallest absolute Gasteiger partial charge is 0.143 e. The fraction of sp³-hybridized carbons (Fsp3) is 0. The van der Waals surface area contributed by atoms with Crippen LogP contribution in [0.4, 0.5) is 0 Å². The summed E-state index contributed by atoms with van der Waals surface area (Å²) in [7, 11) is 0. The number of aliphatic imine (C=N–C) groups is 2. The molecule has 0 spiro atoms. The van der Waals surface area contributed by atoms with Crippen molar-refractivity contribution in [3.63, 3.8) is 0 Å². The number of fused-ring (bicyclic) bond motifs is 1. The molecule has 0 saturated carbocycles. The Balaban J connectivity index is 2.52. The molecular formula is C6H3IN4. The van der Waals surface area contributed by atoms with Crippen LogP contribution in [0, 0.1) is 0 Å². The molecule has 2 aliphatic rings. The largest absolute Gasteiger partial charge is 0.243 e. The van der Waals surface area contributed by atoms with Crippen LogP contribution < -0.4 is 0 Å². The molecule has 0 aromatic rings. The van der Waals surface area contributed by atoms with Crippen molar-refractivity contribution in [2.45, 2.75) is 0 Å². The lowest BCUT2D eigenvalue weighted by Gasteiger charge is -1.98. The first-order valence-corrected chi connectivity index (χ1v) is 4.83. The van der Waals surface area contributed by atoms with Crippen LogP contribution in [0.25, 0.3) is 0 Å². The van der Waals surface area contributed by atoms with Gasteiger partial charge in [-0.1, -0.05) is 0 Å². The van der Waals surface area contributed by atoms with E-state index in [9.17, 15) is 0 Å². The zero-order chi connectivity index (χ0) is 7.52. The van der Waals surface area contributed by atoms with E-state index >= 15 is 0 Å². The molecule has 0 bridgehead atoms. The van der Waals surface area contributed by atoms with E-state index in [1.807, 2.05) is 0 Å². The number of hydrogen-bond donors (Lipinski definition) is 0. The Labute approximate surface area is 73.7 Å². The summed E-state index contributed by atoms with van der Waals surface area (Å²) in [4.78, 5) is 7.87. The van der Waals surface area contributed by atoms with Crippen LogP contribution >= 0.6 is 21.3 Å². The molecule has 2 heterocycles. The summed E-state index contributed by atoms with van der Waals surface area (Å²) in [5, 5.41) is 0. The standard InChI is InChI=1S/C6H3IN4/c1-2-9-5-4-10-7-11-6(5)3-8-1/h2-4H. The zero-order valence-corrected chi connectivity index (χ0v) is 7.56. The molecule has 0 fully saturated rings. The van der Waals surface area contributed by atoms with Gasteiger partial charge in [0.25, 0.3) is 0 Å². The second kappa shape index (κ2) is 2.98. The van der Waals surface area contributed by atoms with E-state index in [0.29, 0.717) is 0 Å². The van der Waals surface area contributed by atoms with Gasteiger partial charge in [-0.05, 0) is 0 Å². The maximum Gasteiger partial charge on any atom is 0.143 e. The number of halogens is 1. The normalized spacial score (nSPS) is 19.6. The maximum absolute atomic E-state index is 4.20. The van der Waals surface area contributed by atoms with Crippen LogP contribution in [0.15, 0.2) is 34.4 Å². The second-order valence-electron chi connectivity index (χ2n) is 1.80. The molecule has 0 radical (unpaired) electrons. The summed E-state index contributed by atoms with van der Waals surface area (Å²) in [5.41, 5.74) is 1.61. The van der Waals surface area contributed by atoms with Gasteiger partial charge in [0.05, 0.1) is 18.6 Å². The number of nitrogens with zero attached hydrogens (tertiary/aromatic N) is 4. The van der Waals surface area contributed by atoms with Crippen molar-refractivity contribution >= 4 is 39.1 Å². The monoisotopic (exact) mass is 258 g/mol. The highest BCUT2D eigenvalue weighted by atomic mass is 127. The highest BCUT2D eigenvalue weighted by molar-refractivity contribution is 14.1. The third-order valence-corrected chi connectivity index (χ3v) is 2.39. The minimum atomic E-state index is -0.400. The Morgan fingerprint density at radius 2 is 2.45 bits per heavy atom. The Bertz CT molecular complexity index is 323. The van der Waals surface area contributed by atoms with Crippen molar-refractivity contribution in [1.82, 2.24) is 0 Å². The summed E-state index contributed by atoms with van der Waals surface area (Å²) < 4.78 is 8.26. The molecule has 0 atom stereocenters. The lowest BCUT2D eigenvalue weighted by molar-refractivity contribution is 1.45. The highest BCUT2D eigenvalue weighted by Gasteiger charge is 2.06. The molecule has 4 nitrogen and oxygen atoms in total. The van der Waals surface area contributed by atoms with E-state index in [1.165, 1.54) is 6.20 Å². The molecule has 0 aromatic heterocycles. The minimum Gasteiger partial charge on any atom is -0.243 e. The van der Waals surface area contributed by atoms with Crippen molar-refractivity contribution in [3.8, 4) is 0 Å². The lowest BCUT2D eigenvalue weighted by Crippen LogP contribution is -2.02. The van der Waals surface area contributed by atoms with Gasteiger partial charge >= 0.3 is 0 Å². The lowest BCUT2D eigenvalue weighted by atomic mass is 10.3. The average Bonchev–Trinajstić information content (AvgIpc) is 2.28. The van der Waals surface area contributed by atoms with E-state index < -0.39 is 21.3 Å². The van der Waals surface area contributed by atoms with E-state index in [2.05, 4.69) is 22.2 Å². The molecule has 0 unspecified atom stereocenters. The van der Waals surface area contributed by atoms with Gasteiger partial charge in [0, 0.05) is 5.87 Å². The molecule has 0 saturated heterocycles. The fourth-order valence-electron chi connectivity index (χ4n) is 0.658. The Hall–Kier alpha value is -0.940. The SMILES string of the molecule is C1=CN=C2C=NI=NC2=CN=1. The molecule has 2 aliphatic heterocycles. The summed E-state index contributed by atoms with van der Waals surface area (Å²) in [6.45, 7) is 0. The first-order chi connectivity index (χ1) is 5.47. The summed E-state index contributed by atoms with van der Waals surface area (Å²) in [6, 6.07) is 0. The van der Waals surface area contributed by atoms with Gasteiger partial charge in [-0.15, -0.1) is 0 Å². The van der Waals surface area contributed by atoms with Gasteiger partial charge in [-0.3, -0.25) is 0 Å². The van der Waals surface area contributed by atoms with Gasteiger partial charge in [0.1, 0.15) is 32.7 Å². The molecular weight excluding hydrogens is 255 g/mol. The van der Waals surface area contributed by atoms with E-state index in [0.717, 1.165) is 11.4 Å².